The molecular formula is C14H26N2O2. The lowest BCUT2D eigenvalue weighted by atomic mass is 9.86. The normalized spacial score (nSPS) is 29.9. The van der Waals surface area contributed by atoms with Crippen LogP contribution >= 0.6 is 0 Å². The molecule has 18 heavy (non-hydrogen) atoms. The first-order chi connectivity index (χ1) is 8.74. The molecule has 1 N–H and O–H groups in total. The predicted molar refractivity (Wildman–Crippen MR) is 71.4 cm³/mol. The van der Waals surface area contributed by atoms with E-state index >= 15 is 0 Å². The number of esters is 1. The zero-order valence-corrected chi connectivity index (χ0v) is 11.7. The minimum absolute atomic E-state index is 0.0395. The van der Waals surface area contributed by atoms with Crippen LogP contribution in [0.4, 0.5) is 0 Å². The Kier molecular flexibility index (Phi) is 5.01. The first kappa shape index (κ1) is 13.8. The Bertz CT molecular complexity index is 279. The first-order valence-corrected chi connectivity index (χ1v) is 7.29. The number of carbonyl (C=O) groups excluding carboxylic acids is 1. The summed E-state index contributed by atoms with van der Waals surface area (Å²) < 4.78 is 4.93. The highest BCUT2D eigenvalue weighted by Crippen LogP contribution is 2.29. The quantitative estimate of drug-likeness (QED) is 0.753. The number of methoxy groups -OCH3 is 1. The van der Waals surface area contributed by atoms with Crippen LogP contribution < -0.4 is 5.32 Å². The molecule has 1 saturated carbocycles. The molecule has 0 aromatic rings. The Morgan fingerprint density at radius 3 is 2.72 bits per heavy atom. The van der Waals surface area contributed by atoms with E-state index in [2.05, 4.69) is 17.1 Å². The molecule has 0 radical (unpaired) electrons. The van der Waals surface area contributed by atoms with Gasteiger partial charge in [-0.1, -0.05) is 13.3 Å². The number of hydrogen-bond acceptors (Lipinski definition) is 4. The summed E-state index contributed by atoms with van der Waals surface area (Å²) in [6.45, 7) is 5.20. The molecule has 2 aliphatic rings. The van der Waals surface area contributed by atoms with E-state index < -0.39 is 0 Å². The minimum atomic E-state index is -0.0395. The van der Waals surface area contributed by atoms with E-state index in [0.717, 1.165) is 32.5 Å². The Morgan fingerprint density at radius 2 is 2.17 bits per heavy atom. The fraction of sp³-hybridized carbons (Fsp3) is 0.929. The number of likely N-dealkylation sites (tertiary alicyclic amines) is 1. The molecule has 2 unspecified atom stereocenters. The number of ether oxygens (including phenoxy) is 1. The van der Waals surface area contributed by atoms with Gasteiger partial charge in [0.15, 0.2) is 0 Å². The maximum Gasteiger partial charge on any atom is 0.310 e. The van der Waals surface area contributed by atoms with Crippen LogP contribution in [0.1, 0.15) is 39.0 Å². The van der Waals surface area contributed by atoms with Gasteiger partial charge in [-0.15, -0.1) is 0 Å². The van der Waals surface area contributed by atoms with Crippen molar-refractivity contribution in [1.29, 1.82) is 0 Å². The average Bonchev–Trinajstić information content (AvgIpc) is 2.33. The second kappa shape index (κ2) is 6.53. The van der Waals surface area contributed by atoms with Crippen molar-refractivity contribution in [3.8, 4) is 0 Å². The third-order valence-electron chi connectivity index (χ3n) is 4.29. The monoisotopic (exact) mass is 254 g/mol. The van der Waals surface area contributed by atoms with Crippen molar-refractivity contribution in [2.75, 3.05) is 26.7 Å². The van der Waals surface area contributed by atoms with E-state index in [4.69, 9.17) is 4.74 Å². The van der Waals surface area contributed by atoms with Gasteiger partial charge < -0.3 is 10.1 Å². The van der Waals surface area contributed by atoms with E-state index in [1.807, 2.05) is 0 Å². The molecule has 1 aliphatic carbocycles. The van der Waals surface area contributed by atoms with Crippen LogP contribution in [0.15, 0.2) is 0 Å². The number of piperidine rings is 1. The van der Waals surface area contributed by atoms with E-state index in [1.54, 1.807) is 0 Å². The van der Waals surface area contributed by atoms with Crippen LogP contribution in [0, 0.1) is 5.92 Å². The summed E-state index contributed by atoms with van der Waals surface area (Å²) in [7, 11) is 1.50. The molecule has 1 aliphatic heterocycles. The minimum Gasteiger partial charge on any atom is -0.469 e. The standard InChI is InChI=1S/C14H26N2O2/c1-3-7-15-12-8-11(14(17)18-2)9-16(10-12)13-5-4-6-13/h11-13,15H,3-10H2,1-2H3. The van der Waals surface area contributed by atoms with E-state index in [-0.39, 0.29) is 11.9 Å². The molecule has 4 nitrogen and oxygen atoms in total. The lowest BCUT2D eigenvalue weighted by Gasteiger charge is -2.44. The summed E-state index contributed by atoms with van der Waals surface area (Å²) in [6, 6.07) is 1.16. The second-order valence-electron chi connectivity index (χ2n) is 5.65. The van der Waals surface area contributed by atoms with E-state index in [9.17, 15) is 4.79 Å². The van der Waals surface area contributed by atoms with Gasteiger partial charge in [-0.25, -0.2) is 0 Å². The summed E-state index contributed by atoms with van der Waals surface area (Å²) in [6.07, 6.45) is 6.01. The van der Waals surface area contributed by atoms with Gasteiger partial charge in [-0.3, -0.25) is 9.69 Å². The lowest BCUT2D eigenvalue weighted by Crippen LogP contribution is -2.55. The van der Waals surface area contributed by atoms with Gasteiger partial charge in [-0.05, 0) is 32.2 Å². The van der Waals surface area contributed by atoms with Gasteiger partial charge in [0.05, 0.1) is 13.0 Å². The summed E-state index contributed by atoms with van der Waals surface area (Å²) in [5.41, 5.74) is 0. The third-order valence-corrected chi connectivity index (χ3v) is 4.29. The average molecular weight is 254 g/mol. The van der Waals surface area contributed by atoms with Gasteiger partial charge in [0, 0.05) is 25.2 Å². The Morgan fingerprint density at radius 1 is 1.39 bits per heavy atom. The maximum absolute atomic E-state index is 11.8. The van der Waals surface area contributed by atoms with Gasteiger partial charge in [-0.2, -0.15) is 0 Å². The number of carbonyl (C=O) groups is 1. The number of hydrogen-bond donors (Lipinski definition) is 1. The van der Waals surface area contributed by atoms with Crippen molar-refractivity contribution in [2.45, 2.75) is 51.1 Å². The topological polar surface area (TPSA) is 41.6 Å². The van der Waals surface area contributed by atoms with Crippen LogP contribution in [0.2, 0.25) is 0 Å². The summed E-state index contributed by atoms with van der Waals surface area (Å²) in [5, 5.41) is 3.56. The van der Waals surface area contributed by atoms with Crippen LogP contribution in [-0.2, 0) is 9.53 Å². The summed E-state index contributed by atoms with van der Waals surface area (Å²) >= 11 is 0. The molecule has 1 saturated heterocycles. The molecule has 0 spiro atoms. The fourth-order valence-corrected chi connectivity index (χ4v) is 3.02. The molecule has 0 bridgehead atoms. The van der Waals surface area contributed by atoms with Crippen molar-refractivity contribution < 1.29 is 9.53 Å². The van der Waals surface area contributed by atoms with Gasteiger partial charge >= 0.3 is 5.97 Å². The van der Waals surface area contributed by atoms with Crippen LogP contribution in [0.5, 0.6) is 0 Å². The highest BCUT2D eigenvalue weighted by atomic mass is 16.5. The molecule has 0 amide bonds. The highest BCUT2D eigenvalue weighted by molar-refractivity contribution is 5.72. The molecule has 1 heterocycles. The predicted octanol–water partition coefficient (Wildman–Crippen LogP) is 1.40. The maximum atomic E-state index is 11.8. The van der Waals surface area contributed by atoms with Crippen molar-refractivity contribution in [3.05, 3.63) is 0 Å². The summed E-state index contributed by atoms with van der Waals surface area (Å²) in [4.78, 5) is 14.3. The van der Waals surface area contributed by atoms with Crippen LogP contribution in [-0.4, -0.2) is 49.7 Å². The van der Waals surface area contributed by atoms with Crippen LogP contribution in [0.25, 0.3) is 0 Å². The molecule has 2 atom stereocenters. The van der Waals surface area contributed by atoms with Crippen molar-refractivity contribution >= 4 is 5.97 Å². The molecule has 2 rings (SSSR count). The van der Waals surface area contributed by atoms with E-state index in [1.165, 1.54) is 26.4 Å². The molecule has 2 fully saturated rings. The van der Waals surface area contributed by atoms with Crippen molar-refractivity contribution in [2.24, 2.45) is 5.92 Å². The van der Waals surface area contributed by atoms with Gasteiger partial charge in [0.1, 0.15) is 0 Å². The fourth-order valence-electron chi connectivity index (χ4n) is 3.02. The molecular weight excluding hydrogens is 228 g/mol. The Hall–Kier alpha value is -0.610. The summed E-state index contributed by atoms with van der Waals surface area (Å²) in [5.74, 6) is 0.0148. The van der Waals surface area contributed by atoms with Crippen molar-refractivity contribution in [1.82, 2.24) is 10.2 Å². The Balaban J connectivity index is 1.93. The number of rotatable bonds is 5. The van der Waals surface area contributed by atoms with Crippen molar-refractivity contribution in [3.63, 3.8) is 0 Å². The van der Waals surface area contributed by atoms with Gasteiger partial charge in [0.25, 0.3) is 0 Å². The Labute approximate surface area is 110 Å². The highest BCUT2D eigenvalue weighted by Gasteiger charge is 2.36. The second-order valence-corrected chi connectivity index (χ2v) is 5.65. The zero-order valence-electron chi connectivity index (χ0n) is 11.7. The third kappa shape index (κ3) is 3.23. The van der Waals surface area contributed by atoms with Crippen LogP contribution in [0.3, 0.4) is 0 Å². The zero-order chi connectivity index (χ0) is 13.0. The number of nitrogens with zero attached hydrogens (tertiary/aromatic N) is 1. The molecule has 0 aromatic carbocycles. The number of nitrogens with one attached hydrogen (secondary N) is 1. The van der Waals surface area contributed by atoms with E-state index in [0.29, 0.717) is 12.1 Å². The molecule has 4 heteroatoms. The largest absolute Gasteiger partial charge is 0.469 e. The molecule has 0 aromatic heterocycles. The lowest BCUT2D eigenvalue weighted by molar-refractivity contribution is -0.148. The first-order valence-electron chi connectivity index (χ1n) is 7.29. The van der Waals surface area contributed by atoms with Gasteiger partial charge in [0.2, 0.25) is 0 Å². The molecule has 104 valence electrons. The smallest absolute Gasteiger partial charge is 0.310 e. The SMILES string of the molecule is CCCNC1CC(C(=O)OC)CN(C2CCC2)C1.